The summed E-state index contributed by atoms with van der Waals surface area (Å²) in [6, 6.07) is 0. The van der Waals surface area contributed by atoms with Crippen molar-refractivity contribution >= 4 is 0 Å². The van der Waals surface area contributed by atoms with Gasteiger partial charge in [0.1, 0.15) is 5.76 Å². The van der Waals surface area contributed by atoms with Crippen molar-refractivity contribution < 1.29 is 4.74 Å². The molecule has 0 aromatic carbocycles. The fourth-order valence-electron chi connectivity index (χ4n) is 0.943. The molecule has 0 unspecified atom stereocenters. The molecule has 1 heteroatoms. The molecule has 0 heterocycles. The van der Waals surface area contributed by atoms with Gasteiger partial charge in [-0.2, -0.15) is 0 Å². The van der Waals surface area contributed by atoms with E-state index in [2.05, 4.69) is 19.9 Å². The summed E-state index contributed by atoms with van der Waals surface area (Å²) in [5.41, 5.74) is 0. The summed E-state index contributed by atoms with van der Waals surface area (Å²) >= 11 is 0. The minimum atomic E-state index is 0.227. The van der Waals surface area contributed by atoms with Crippen molar-refractivity contribution in [3.63, 3.8) is 0 Å². The smallest absolute Gasteiger partial charge is 0.119 e. The first kappa shape index (κ1) is 13.0. The molecule has 0 saturated carbocycles. The van der Waals surface area contributed by atoms with Gasteiger partial charge in [0.2, 0.25) is 0 Å². The van der Waals surface area contributed by atoms with E-state index in [0.29, 0.717) is 5.92 Å². The highest BCUT2D eigenvalue weighted by atomic mass is 16.5. The third-order valence-electron chi connectivity index (χ3n) is 1.46. The van der Waals surface area contributed by atoms with Crippen LogP contribution in [0.3, 0.4) is 0 Å². The molecule has 0 aliphatic carbocycles. The van der Waals surface area contributed by atoms with Gasteiger partial charge in [0.15, 0.2) is 0 Å². The SMILES string of the molecule is C\C=C/C(=C\C=C\C(C)C)OC(C)C. The van der Waals surface area contributed by atoms with E-state index in [-0.39, 0.29) is 6.10 Å². The van der Waals surface area contributed by atoms with Crippen LogP contribution >= 0.6 is 0 Å². The van der Waals surface area contributed by atoms with Crippen molar-refractivity contribution in [2.45, 2.75) is 40.7 Å². The van der Waals surface area contributed by atoms with Gasteiger partial charge in [0.05, 0.1) is 6.10 Å². The summed E-state index contributed by atoms with van der Waals surface area (Å²) in [6.45, 7) is 10.4. The molecule has 0 aliphatic heterocycles. The van der Waals surface area contributed by atoms with Gasteiger partial charge in [-0.3, -0.25) is 0 Å². The van der Waals surface area contributed by atoms with Crippen LogP contribution in [-0.2, 0) is 4.74 Å². The van der Waals surface area contributed by atoms with Gasteiger partial charge in [0, 0.05) is 0 Å². The second-order valence-electron chi connectivity index (χ2n) is 3.86. The largest absolute Gasteiger partial charge is 0.491 e. The molecule has 1 nitrogen and oxygen atoms in total. The Balaban J connectivity index is 4.32. The Morgan fingerprint density at radius 1 is 1.14 bits per heavy atom. The van der Waals surface area contributed by atoms with Crippen LogP contribution in [0.15, 0.2) is 36.1 Å². The van der Waals surface area contributed by atoms with Crippen LogP contribution in [0.25, 0.3) is 0 Å². The van der Waals surface area contributed by atoms with Crippen LogP contribution in [0.1, 0.15) is 34.6 Å². The third-order valence-corrected chi connectivity index (χ3v) is 1.46. The van der Waals surface area contributed by atoms with E-state index in [4.69, 9.17) is 4.74 Å². The van der Waals surface area contributed by atoms with Crippen molar-refractivity contribution in [3.05, 3.63) is 36.1 Å². The van der Waals surface area contributed by atoms with Gasteiger partial charge in [-0.25, -0.2) is 0 Å². The zero-order valence-corrected chi connectivity index (χ0v) is 9.95. The van der Waals surface area contributed by atoms with Gasteiger partial charge in [-0.15, -0.1) is 0 Å². The summed E-state index contributed by atoms with van der Waals surface area (Å²) in [6.07, 6.45) is 10.4. The molecule has 0 spiro atoms. The maximum atomic E-state index is 5.60. The Morgan fingerprint density at radius 2 is 1.79 bits per heavy atom. The van der Waals surface area contributed by atoms with Gasteiger partial charge in [-0.1, -0.05) is 32.1 Å². The molecule has 0 aromatic heterocycles. The zero-order chi connectivity index (χ0) is 11.0. The summed E-state index contributed by atoms with van der Waals surface area (Å²) in [4.78, 5) is 0. The van der Waals surface area contributed by atoms with E-state index >= 15 is 0 Å². The maximum Gasteiger partial charge on any atom is 0.119 e. The highest BCUT2D eigenvalue weighted by molar-refractivity contribution is 5.18. The lowest BCUT2D eigenvalue weighted by Crippen LogP contribution is -2.00. The second kappa shape index (κ2) is 7.43. The van der Waals surface area contributed by atoms with Crippen molar-refractivity contribution in [2.24, 2.45) is 5.92 Å². The van der Waals surface area contributed by atoms with Crippen molar-refractivity contribution in [1.82, 2.24) is 0 Å². The minimum Gasteiger partial charge on any atom is -0.491 e. The van der Waals surface area contributed by atoms with Crippen LogP contribution in [0.2, 0.25) is 0 Å². The lowest BCUT2D eigenvalue weighted by molar-refractivity contribution is 0.158. The van der Waals surface area contributed by atoms with Crippen LogP contribution in [0, 0.1) is 5.92 Å². The highest BCUT2D eigenvalue weighted by Crippen LogP contribution is 2.05. The predicted molar refractivity (Wildman–Crippen MR) is 63.1 cm³/mol. The molecule has 0 aliphatic rings. The molecule has 14 heavy (non-hydrogen) atoms. The lowest BCUT2D eigenvalue weighted by atomic mass is 10.2. The quantitative estimate of drug-likeness (QED) is 0.473. The monoisotopic (exact) mass is 194 g/mol. The number of hydrogen-bond acceptors (Lipinski definition) is 1. The molecule has 0 atom stereocenters. The Bertz CT molecular complexity index is 219. The summed E-state index contributed by atoms with van der Waals surface area (Å²) < 4.78 is 5.60. The molecular formula is C13H22O. The molecule has 0 N–H and O–H groups in total. The fourth-order valence-corrected chi connectivity index (χ4v) is 0.943. The molecular weight excluding hydrogens is 172 g/mol. The standard InChI is InChI=1S/C13H22O/c1-6-8-13(14-12(4)5)10-7-9-11(2)3/h6-12H,1-5H3/b8-6-,9-7+,13-10+. The van der Waals surface area contributed by atoms with E-state index in [1.165, 1.54) is 0 Å². The molecule has 0 fully saturated rings. The molecule has 0 rings (SSSR count). The van der Waals surface area contributed by atoms with Gasteiger partial charge < -0.3 is 4.74 Å². The van der Waals surface area contributed by atoms with E-state index in [1.54, 1.807) is 0 Å². The van der Waals surface area contributed by atoms with Crippen LogP contribution < -0.4 is 0 Å². The molecule has 0 bridgehead atoms. The zero-order valence-electron chi connectivity index (χ0n) is 9.95. The average Bonchev–Trinajstić information content (AvgIpc) is 2.02. The average molecular weight is 194 g/mol. The second-order valence-corrected chi connectivity index (χ2v) is 3.86. The van der Waals surface area contributed by atoms with E-state index in [0.717, 1.165) is 5.76 Å². The maximum absolute atomic E-state index is 5.60. The molecule has 0 amide bonds. The van der Waals surface area contributed by atoms with Crippen molar-refractivity contribution in [1.29, 1.82) is 0 Å². The number of hydrogen-bond donors (Lipinski definition) is 0. The number of allylic oxidation sites excluding steroid dienone is 5. The van der Waals surface area contributed by atoms with Gasteiger partial charge >= 0.3 is 0 Å². The van der Waals surface area contributed by atoms with Crippen molar-refractivity contribution in [3.8, 4) is 0 Å². The summed E-state index contributed by atoms with van der Waals surface area (Å²) in [7, 11) is 0. The molecule has 0 aromatic rings. The fraction of sp³-hybridized carbons (Fsp3) is 0.538. The normalized spacial score (nSPS) is 13.8. The number of ether oxygens (including phenoxy) is 1. The first-order valence-electron chi connectivity index (χ1n) is 5.24. The Kier molecular flexibility index (Phi) is 6.91. The van der Waals surface area contributed by atoms with Crippen LogP contribution in [0.5, 0.6) is 0 Å². The van der Waals surface area contributed by atoms with Crippen molar-refractivity contribution in [2.75, 3.05) is 0 Å². The third kappa shape index (κ3) is 7.66. The molecule has 0 saturated heterocycles. The predicted octanol–water partition coefficient (Wildman–Crippen LogP) is 4.08. The van der Waals surface area contributed by atoms with E-state index in [1.807, 2.05) is 45.1 Å². The Morgan fingerprint density at radius 3 is 2.21 bits per heavy atom. The van der Waals surface area contributed by atoms with Gasteiger partial charge in [0.25, 0.3) is 0 Å². The van der Waals surface area contributed by atoms with Crippen LogP contribution in [0.4, 0.5) is 0 Å². The van der Waals surface area contributed by atoms with Gasteiger partial charge in [-0.05, 0) is 38.8 Å². The van der Waals surface area contributed by atoms with E-state index in [9.17, 15) is 0 Å². The highest BCUT2D eigenvalue weighted by Gasteiger charge is 1.95. The molecule has 0 radical (unpaired) electrons. The summed E-state index contributed by atoms with van der Waals surface area (Å²) in [5, 5.41) is 0. The minimum absolute atomic E-state index is 0.227. The van der Waals surface area contributed by atoms with Crippen LogP contribution in [-0.4, -0.2) is 6.10 Å². The molecule has 80 valence electrons. The Hall–Kier alpha value is -0.980. The summed E-state index contributed by atoms with van der Waals surface area (Å²) in [5.74, 6) is 1.50. The lowest BCUT2D eigenvalue weighted by Gasteiger charge is -2.09. The number of rotatable bonds is 5. The first-order chi connectivity index (χ1) is 6.56. The first-order valence-corrected chi connectivity index (χ1v) is 5.24. The Labute approximate surface area is 88.2 Å². The topological polar surface area (TPSA) is 9.23 Å². The van der Waals surface area contributed by atoms with E-state index < -0.39 is 0 Å².